The molecule has 0 aliphatic rings. The maximum absolute atomic E-state index is 12.9. The molecule has 0 unspecified atom stereocenters. The van der Waals surface area contributed by atoms with Gasteiger partial charge in [-0.05, 0) is 45.4 Å². The number of amides is 2. The number of guanidine groups is 3. The molecule has 3 atom stereocenters. The lowest BCUT2D eigenvalue weighted by Crippen LogP contribution is -2.52. The summed E-state index contributed by atoms with van der Waals surface area (Å²) in [6, 6.07) is -1.60. The van der Waals surface area contributed by atoms with Gasteiger partial charge in [-0.1, -0.05) is 6.92 Å². The third kappa shape index (κ3) is 15.3. The number of Topliss-reactive ketones (excluding diaryl/α,β-unsaturated/α-hetero) is 1. The maximum atomic E-state index is 12.9. The minimum atomic E-state index is -0.865. The van der Waals surface area contributed by atoms with E-state index in [-0.39, 0.29) is 41.9 Å². The second-order valence-corrected chi connectivity index (χ2v) is 8.08. The monoisotopic (exact) mass is 483 g/mol. The fourth-order valence-electron chi connectivity index (χ4n) is 3.05. The van der Waals surface area contributed by atoms with Crippen LogP contribution in [0.4, 0.5) is 0 Å². The van der Waals surface area contributed by atoms with Crippen molar-refractivity contribution < 1.29 is 14.4 Å². The Morgan fingerprint density at radius 3 is 1.47 bits per heavy atom. The number of hydrogen-bond donors (Lipinski definition) is 11. The van der Waals surface area contributed by atoms with E-state index in [1.807, 2.05) is 0 Å². The van der Waals surface area contributed by atoms with Crippen LogP contribution in [0.2, 0.25) is 0 Å². The molecule has 2 amide bonds. The summed E-state index contributed by atoms with van der Waals surface area (Å²) in [4.78, 5) is 37.6. The largest absolute Gasteiger partial charge is 0.370 e. The van der Waals surface area contributed by atoms with Crippen molar-refractivity contribution in [3.05, 3.63) is 0 Å². The number of carbonyl (C=O) groups is 3. The molecular weight excluding hydrogens is 442 g/mol. The standard InChI is InChI=1S/C20H41N11O3/c1-12(6-3-9-27-18(21)22)16(33)31-15(8-5-11-29-20(25)26)17(34)30-14(13(2)32)7-4-10-28-19(23)24/h12,14-15H,3-11H2,1-2H3,(H,30,34)(H,31,33)(H4,21,22,27)(H4,23,24,28)(H4,25,26,29)/t12-,14-,15-/m0/s1. The van der Waals surface area contributed by atoms with Gasteiger partial charge in [-0.2, -0.15) is 0 Å². The van der Waals surface area contributed by atoms with Gasteiger partial charge in [0.1, 0.15) is 6.04 Å². The second-order valence-electron chi connectivity index (χ2n) is 8.08. The number of rotatable bonds is 17. The van der Waals surface area contributed by atoms with E-state index >= 15 is 0 Å². The van der Waals surface area contributed by atoms with E-state index in [2.05, 4.69) is 26.6 Å². The van der Waals surface area contributed by atoms with Gasteiger partial charge in [-0.15, -0.1) is 0 Å². The minimum absolute atomic E-state index is 0.134. The van der Waals surface area contributed by atoms with Crippen LogP contribution in [0.15, 0.2) is 0 Å². The summed E-state index contributed by atoms with van der Waals surface area (Å²) in [6.07, 6.45) is 2.76. The third-order valence-electron chi connectivity index (χ3n) is 4.99. The Morgan fingerprint density at radius 1 is 0.676 bits per heavy atom. The molecule has 14 N–H and O–H groups in total. The van der Waals surface area contributed by atoms with Crippen molar-refractivity contribution in [2.45, 2.75) is 64.5 Å². The van der Waals surface area contributed by atoms with Gasteiger partial charge in [0.15, 0.2) is 23.7 Å². The fourth-order valence-corrected chi connectivity index (χ4v) is 3.05. The molecule has 14 nitrogen and oxygen atoms in total. The molecule has 194 valence electrons. The van der Waals surface area contributed by atoms with E-state index in [0.29, 0.717) is 51.7 Å². The van der Waals surface area contributed by atoms with Crippen LogP contribution in [-0.2, 0) is 14.4 Å². The third-order valence-corrected chi connectivity index (χ3v) is 4.99. The van der Waals surface area contributed by atoms with E-state index in [4.69, 9.17) is 33.4 Å². The van der Waals surface area contributed by atoms with Crippen LogP contribution in [0.1, 0.15) is 52.4 Å². The zero-order chi connectivity index (χ0) is 26.1. The summed E-state index contributed by atoms with van der Waals surface area (Å²) in [5.41, 5.74) is 15.8. The van der Waals surface area contributed by atoms with Crippen LogP contribution in [0.25, 0.3) is 0 Å². The van der Waals surface area contributed by atoms with Crippen molar-refractivity contribution in [1.29, 1.82) is 16.2 Å². The Kier molecular flexibility index (Phi) is 15.2. The van der Waals surface area contributed by atoms with Crippen LogP contribution in [0.5, 0.6) is 0 Å². The summed E-state index contributed by atoms with van der Waals surface area (Å²) in [7, 11) is 0. The topological polar surface area (TPSA) is 261 Å². The van der Waals surface area contributed by atoms with Gasteiger partial charge in [-0.3, -0.25) is 30.6 Å². The molecule has 0 spiro atoms. The van der Waals surface area contributed by atoms with Crippen LogP contribution < -0.4 is 43.8 Å². The number of ketones is 1. The van der Waals surface area contributed by atoms with Crippen molar-refractivity contribution >= 4 is 35.5 Å². The Bertz CT molecular complexity index is 714. The number of hydrogen-bond acceptors (Lipinski definition) is 6. The Labute approximate surface area is 200 Å². The summed E-state index contributed by atoms with van der Waals surface area (Å²) < 4.78 is 0. The zero-order valence-corrected chi connectivity index (χ0v) is 20.1. The normalized spacial score (nSPS) is 13.0. The van der Waals surface area contributed by atoms with Gasteiger partial charge in [-0.25, -0.2) is 0 Å². The molecule has 0 aromatic carbocycles. The van der Waals surface area contributed by atoms with Gasteiger partial charge >= 0.3 is 0 Å². The predicted molar refractivity (Wildman–Crippen MR) is 131 cm³/mol. The SMILES string of the molecule is CC(=O)[C@H](CCCNC(=N)N)NC(=O)[C@H](CCCNC(=N)N)NC(=O)[C@@H](C)CCCNC(=N)N. The first-order valence-corrected chi connectivity index (χ1v) is 11.3. The van der Waals surface area contributed by atoms with Gasteiger partial charge in [0, 0.05) is 25.6 Å². The molecule has 0 bridgehead atoms. The summed E-state index contributed by atoms with van der Waals surface area (Å²) in [5.74, 6) is -1.85. The van der Waals surface area contributed by atoms with Crippen LogP contribution in [0.3, 0.4) is 0 Å². The first-order valence-electron chi connectivity index (χ1n) is 11.3. The average Bonchev–Trinajstić information content (AvgIpc) is 2.74. The molecule has 0 saturated carbocycles. The Morgan fingerprint density at radius 2 is 1.06 bits per heavy atom. The highest BCUT2D eigenvalue weighted by Crippen LogP contribution is 2.08. The Balaban J connectivity index is 5.00. The van der Waals surface area contributed by atoms with E-state index < -0.39 is 18.0 Å². The van der Waals surface area contributed by atoms with Gasteiger partial charge in [0.05, 0.1) is 6.04 Å². The van der Waals surface area contributed by atoms with Crippen molar-refractivity contribution in [3.8, 4) is 0 Å². The van der Waals surface area contributed by atoms with E-state index in [1.54, 1.807) is 6.92 Å². The van der Waals surface area contributed by atoms with Gasteiger partial charge in [0.25, 0.3) is 0 Å². The summed E-state index contributed by atoms with van der Waals surface area (Å²) in [6.45, 7) is 4.34. The molecule has 0 aromatic heterocycles. The second kappa shape index (κ2) is 17.0. The quantitative estimate of drug-likeness (QED) is 0.0618. The van der Waals surface area contributed by atoms with Gasteiger partial charge in [0.2, 0.25) is 11.8 Å². The molecule has 0 aliphatic heterocycles. The highest BCUT2D eigenvalue weighted by atomic mass is 16.2. The predicted octanol–water partition coefficient (Wildman–Crippen LogP) is -2.03. The average molecular weight is 484 g/mol. The minimum Gasteiger partial charge on any atom is -0.370 e. The van der Waals surface area contributed by atoms with Crippen molar-refractivity contribution in [1.82, 2.24) is 26.6 Å². The lowest BCUT2D eigenvalue weighted by atomic mass is 10.0. The van der Waals surface area contributed by atoms with Crippen molar-refractivity contribution in [3.63, 3.8) is 0 Å². The number of carbonyl (C=O) groups excluding carboxylic acids is 3. The van der Waals surface area contributed by atoms with Crippen molar-refractivity contribution in [2.24, 2.45) is 23.1 Å². The van der Waals surface area contributed by atoms with E-state index in [9.17, 15) is 14.4 Å². The molecule has 0 rings (SSSR count). The molecule has 34 heavy (non-hydrogen) atoms. The molecule has 0 radical (unpaired) electrons. The molecule has 0 fully saturated rings. The van der Waals surface area contributed by atoms with Gasteiger partial charge < -0.3 is 43.8 Å². The highest BCUT2D eigenvalue weighted by molar-refractivity contribution is 5.92. The number of nitrogens with one attached hydrogen (secondary N) is 8. The van der Waals surface area contributed by atoms with E-state index in [1.165, 1.54) is 6.92 Å². The summed E-state index contributed by atoms with van der Waals surface area (Å²) >= 11 is 0. The molecule has 0 aliphatic carbocycles. The highest BCUT2D eigenvalue weighted by Gasteiger charge is 2.26. The molecule has 0 aromatic rings. The van der Waals surface area contributed by atoms with Crippen LogP contribution in [-0.4, -0.2) is 67.2 Å². The smallest absolute Gasteiger partial charge is 0.243 e. The zero-order valence-electron chi connectivity index (χ0n) is 20.1. The lowest BCUT2D eigenvalue weighted by molar-refractivity contribution is -0.132. The maximum Gasteiger partial charge on any atom is 0.243 e. The lowest BCUT2D eigenvalue weighted by Gasteiger charge is -2.24. The van der Waals surface area contributed by atoms with Crippen molar-refractivity contribution in [2.75, 3.05) is 19.6 Å². The first-order chi connectivity index (χ1) is 15.9. The number of nitrogens with two attached hydrogens (primary N) is 3. The Hall–Kier alpha value is -3.58. The first kappa shape index (κ1) is 30.4. The fraction of sp³-hybridized carbons (Fsp3) is 0.700. The molecule has 0 heterocycles. The van der Waals surface area contributed by atoms with Crippen LogP contribution in [0, 0.1) is 22.1 Å². The molecule has 0 saturated heterocycles. The molecule has 14 heteroatoms. The van der Waals surface area contributed by atoms with Crippen LogP contribution >= 0.6 is 0 Å². The van der Waals surface area contributed by atoms with E-state index in [0.717, 1.165) is 0 Å². The molecular formula is C20H41N11O3. The summed E-state index contributed by atoms with van der Waals surface area (Å²) in [5, 5.41) is 35.0.